The maximum atomic E-state index is 12.7. The van der Waals surface area contributed by atoms with E-state index in [9.17, 15) is 23.1 Å². The van der Waals surface area contributed by atoms with Crippen molar-refractivity contribution in [2.45, 2.75) is 31.5 Å². The number of carboxylic acids is 1. The zero-order chi connectivity index (χ0) is 18.3. The van der Waals surface area contributed by atoms with E-state index in [1.54, 1.807) is 30.3 Å². The van der Waals surface area contributed by atoms with Crippen molar-refractivity contribution in [3.63, 3.8) is 0 Å². The van der Waals surface area contributed by atoms with Crippen LogP contribution in [-0.4, -0.2) is 17.6 Å². The van der Waals surface area contributed by atoms with Crippen LogP contribution in [0, 0.1) is 0 Å². The summed E-state index contributed by atoms with van der Waals surface area (Å²) in [6.07, 6.45) is -2.46. The second kappa shape index (κ2) is 8.67. The summed E-state index contributed by atoms with van der Waals surface area (Å²) in [6.45, 7) is 0.477. The van der Waals surface area contributed by atoms with Gasteiger partial charge in [-0.2, -0.15) is 13.2 Å². The molecule has 0 fully saturated rings. The average Bonchev–Trinajstić information content (AvgIpc) is 2.58. The predicted molar refractivity (Wildman–Crippen MR) is 89.2 cm³/mol. The molecular weight excluding hydrogens is 331 g/mol. The molecule has 0 amide bonds. The highest BCUT2D eigenvalue weighted by molar-refractivity contribution is 5.75. The molecule has 3 nitrogen and oxygen atoms in total. The third-order valence-corrected chi connectivity index (χ3v) is 3.87. The normalized spacial score (nSPS) is 12.8. The third kappa shape index (κ3) is 5.90. The van der Waals surface area contributed by atoms with Gasteiger partial charge in [-0.1, -0.05) is 48.5 Å². The van der Waals surface area contributed by atoms with Gasteiger partial charge >= 0.3 is 12.1 Å². The second-order valence-corrected chi connectivity index (χ2v) is 5.79. The molecule has 2 N–H and O–H groups in total. The van der Waals surface area contributed by atoms with Crippen LogP contribution in [0.2, 0.25) is 0 Å². The molecule has 2 rings (SSSR count). The standard InChI is InChI=1S/C19H20F3NO2/c20-19(21,22)16-11-6-8-14(13-16)7-4-5-12-23-17(18(24)25)15-9-2-1-3-10-15/h1-3,6,8-11,13,17,23H,4-5,7,12H2,(H,24,25)/t17-/m0/s1. The van der Waals surface area contributed by atoms with Gasteiger partial charge in [-0.15, -0.1) is 0 Å². The number of hydrogen-bond acceptors (Lipinski definition) is 2. The van der Waals surface area contributed by atoms with E-state index in [2.05, 4.69) is 5.32 Å². The maximum Gasteiger partial charge on any atom is 0.416 e. The number of aliphatic carboxylic acids is 1. The van der Waals surface area contributed by atoms with Gasteiger partial charge in [0.05, 0.1) is 5.56 Å². The summed E-state index contributed by atoms with van der Waals surface area (Å²) in [5, 5.41) is 12.3. The Morgan fingerprint density at radius 2 is 1.76 bits per heavy atom. The Morgan fingerprint density at radius 1 is 1.04 bits per heavy atom. The molecular formula is C19H20F3NO2. The molecule has 0 aliphatic rings. The molecule has 134 valence electrons. The molecule has 25 heavy (non-hydrogen) atoms. The van der Waals surface area contributed by atoms with E-state index >= 15 is 0 Å². The van der Waals surface area contributed by atoms with Gasteiger partial charge in [-0.05, 0) is 43.0 Å². The SMILES string of the molecule is O=C(O)[C@@H](NCCCCc1cccc(C(F)(F)F)c1)c1ccccc1. The minimum absolute atomic E-state index is 0.477. The summed E-state index contributed by atoms with van der Waals surface area (Å²) in [6, 6.07) is 13.4. The lowest BCUT2D eigenvalue weighted by Crippen LogP contribution is -2.29. The zero-order valence-electron chi connectivity index (χ0n) is 13.6. The number of nitrogens with one attached hydrogen (secondary N) is 1. The second-order valence-electron chi connectivity index (χ2n) is 5.79. The number of unbranched alkanes of at least 4 members (excludes halogenated alkanes) is 1. The van der Waals surface area contributed by atoms with Crippen LogP contribution in [0.3, 0.4) is 0 Å². The van der Waals surface area contributed by atoms with Gasteiger partial charge in [0, 0.05) is 0 Å². The van der Waals surface area contributed by atoms with Crippen molar-refractivity contribution < 1.29 is 23.1 Å². The van der Waals surface area contributed by atoms with Crippen LogP contribution in [0.15, 0.2) is 54.6 Å². The van der Waals surface area contributed by atoms with Crippen molar-refractivity contribution in [3.8, 4) is 0 Å². The number of carbonyl (C=O) groups is 1. The molecule has 0 saturated heterocycles. The van der Waals surface area contributed by atoms with Crippen LogP contribution < -0.4 is 5.32 Å². The minimum Gasteiger partial charge on any atom is -0.480 e. The Bertz CT molecular complexity index is 687. The summed E-state index contributed by atoms with van der Waals surface area (Å²) < 4.78 is 38.0. The number of carboxylic acid groups (broad SMARTS) is 1. The van der Waals surface area contributed by atoms with Gasteiger partial charge in [-0.3, -0.25) is 4.79 Å². The van der Waals surface area contributed by atoms with E-state index in [0.717, 1.165) is 12.1 Å². The summed E-state index contributed by atoms with van der Waals surface area (Å²) in [7, 11) is 0. The Labute approximate surface area is 144 Å². The third-order valence-electron chi connectivity index (χ3n) is 3.87. The Hall–Kier alpha value is -2.34. The van der Waals surface area contributed by atoms with E-state index in [-0.39, 0.29) is 0 Å². The number of halogens is 3. The molecule has 2 aromatic rings. The summed E-state index contributed by atoms with van der Waals surface area (Å²) >= 11 is 0. The molecule has 0 aromatic heterocycles. The van der Waals surface area contributed by atoms with Crippen LogP contribution in [0.4, 0.5) is 13.2 Å². The monoisotopic (exact) mass is 351 g/mol. The number of hydrogen-bond donors (Lipinski definition) is 2. The number of rotatable bonds is 8. The highest BCUT2D eigenvalue weighted by Gasteiger charge is 2.30. The maximum absolute atomic E-state index is 12.7. The number of aryl methyl sites for hydroxylation is 1. The molecule has 0 radical (unpaired) electrons. The van der Waals surface area contributed by atoms with Gasteiger partial charge < -0.3 is 10.4 Å². The molecule has 0 bridgehead atoms. The van der Waals surface area contributed by atoms with Crippen molar-refractivity contribution in [2.75, 3.05) is 6.54 Å². The highest BCUT2D eigenvalue weighted by atomic mass is 19.4. The molecule has 1 atom stereocenters. The molecule has 0 spiro atoms. The predicted octanol–water partition coefficient (Wildman–Crippen LogP) is 4.44. The molecule has 0 unspecified atom stereocenters. The van der Waals surface area contributed by atoms with Crippen molar-refractivity contribution >= 4 is 5.97 Å². The molecule has 0 aliphatic heterocycles. The van der Waals surface area contributed by atoms with Gasteiger partial charge in [0.1, 0.15) is 6.04 Å². The first-order valence-electron chi connectivity index (χ1n) is 8.05. The lowest BCUT2D eigenvalue weighted by Gasteiger charge is -2.14. The first kappa shape index (κ1) is 19.0. The molecule has 6 heteroatoms. The Balaban J connectivity index is 1.80. The lowest BCUT2D eigenvalue weighted by atomic mass is 10.0. The van der Waals surface area contributed by atoms with Gasteiger partial charge in [0.25, 0.3) is 0 Å². The molecule has 2 aromatic carbocycles. The summed E-state index contributed by atoms with van der Waals surface area (Å²) in [4.78, 5) is 11.3. The van der Waals surface area contributed by atoms with Gasteiger partial charge in [-0.25, -0.2) is 0 Å². The number of benzene rings is 2. The first-order chi connectivity index (χ1) is 11.9. The fourth-order valence-corrected chi connectivity index (χ4v) is 2.60. The number of alkyl halides is 3. The van der Waals surface area contributed by atoms with Gasteiger partial charge in [0.2, 0.25) is 0 Å². The van der Waals surface area contributed by atoms with Crippen LogP contribution in [-0.2, 0) is 17.4 Å². The van der Waals surface area contributed by atoms with Crippen LogP contribution in [0.1, 0.15) is 35.6 Å². The smallest absolute Gasteiger partial charge is 0.416 e. The van der Waals surface area contributed by atoms with Gasteiger partial charge in [0.15, 0.2) is 0 Å². The van der Waals surface area contributed by atoms with Crippen LogP contribution in [0.5, 0.6) is 0 Å². The highest BCUT2D eigenvalue weighted by Crippen LogP contribution is 2.29. The molecule has 0 heterocycles. The molecule has 0 saturated carbocycles. The zero-order valence-corrected chi connectivity index (χ0v) is 13.6. The lowest BCUT2D eigenvalue weighted by molar-refractivity contribution is -0.140. The topological polar surface area (TPSA) is 49.3 Å². The van der Waals surface area contributed by atoms with E-state index in [1.165, 1.54) is 6.07 Å². The van der Waals surface area contributed by atoms with Crippen molar-refractivity contribution in [2.24, 2.45) is 0 Å². The van der Waals surface area contributed by atoms with E-state index in [1.807, 2.05) is 6.07 Å². The average molecular weight is 351 g/mol. The summed E-state index contributed by atoms with van der Waals surface area (Å²) in [5.74, 6) is -0.955. The largest absolute Gasteiger partial charge is 0.480 e. The first-order valence-corrected chi connectivity index (χ1v) is 8.05. The van der Waals surface area contributed by atoms with Crippen LogP contribution in [0.25, 0.3) is 0 Å². The van der Waals surface area contributed by atoms with Crippen LogP contribution >= 0.6 is 0 Å². The van der Waals surface area contributed by atoms with Crippen molar-refractivity contribution in [3.05, 3.63) is 71.3 Å². The fraction of sp³-hybridized carbons (Fsp3) is 0.316. The van der Waals surface area contributed by atoms with E-state index in [4.69, 9.17) is 0 Å². The Kier molecular flexibility index (Phi) is 6.58. The minimum atomic E-state index is -4.33. The van der Waals surface area contributed by atoms with E-state index in [0.29, 0.717) is 36.9 Å². The quantitative estimate of drug-likeness (QED) is 0.691. The van der Waals surface area contributed by atoms with E-state index < -0.39 is 23.8 Å². The Morgan fingerprint density at radius 3 is 2.40 bits per heavy atom. The molecule has 0 aliphatic carbocycles. The van der Waals surface area contributed by atoms with Crippen molar-refractivity contribution in [1.29, 1.82) is 0 Å². The summed E-state index contributed by atoms with van der Waals surface area (Å²) in [5.41, 5.74) is 0.665. The fourth-order valence-electron chi connectivity index (χ4n) is 2.60. The van der Waals surface area contributed by atoms with Crippen molar-refractivity contribution in [1.82, 2.24) is 5.32 Å².